The molecule has 0 saturated carbocycles. The highest BCUT2D eigenvalue weighted by molar-refractivity contribution is 9.10. The Morgan fingerprint density at radius 3 is 2.56 bits per heavy atom. The molecule has 0 fully saturated rings. The minimum Gasteiger partial charge on any atom is -0.491 e. The van der Waals surface area contributed by atoms with Crippen LogP contribution in [0.4, 0.5) is 0 Å². The molecule has 0 aliphatic heterocycles. The first kappa shape index (κ1) is 15.4. The Morgan fingerprint density at radius 2 is 1.89 bits per heavy atom. The van der Waals surface area contributed by atoms with Crippen molar-refractivity contribution in [3.8, 4) is 5.75 Å². The van der Waals surface area contributed by atoms with Gasteiger partial charge in [-0.3, -0.25) is 0 Å². The standard InChI is InChI=1S/C13H19BrO4/c1-10-7-12(14)8-11(9-15)13(10)18-6-5-17-4-3-16-2/h7-8,15H,3-6,9H2,1-2H3. The average molecular weight is 319 g/mol. The monoisotopic (exact) mass is 318 g/mol. The summed E-state index contributed by atoms with van der Waals surface area (Å²) in [6.07, 6.45) is 0. The highest BCUT2D eigenvalue weighted by atomic mass is 79.9. The van der Waals surface area contributed by atoms with E-state index in [2.05, 4.69) is 15.9 Å². The molecule has 0 aliphatic rings. The van der Waals surface area contributed by atoms with Gasteiger partial charge in [0, 0.05) is 17.1 Å². The topological polar surface area (TPSA) is 47.9 Å². The average Bonchev–Trinajstić information content (AvgIpc) is 2.35. The van der Waals surface area contributed by atoms with Crippen molar-refractivity contribution in [3.63, 3.8) is 0 Å². The normalized spacial score (nSPS) is 10.7. The maximum Gasteiger partial charge on any atom is 0.127 e. The molecule has 18 heavy (non-hydrogen) atoms. The molecule has 0 aliphatic carbocycles. The molecule has 0 heterocycles. The van der Waals surface area contributed by atoms with Gasteiger partial charge in [-0.05, 0) is 24.6 Å². The maximum atomic E-state index is 9.29. The van der Waals surface area contributed by atoms with Crippen LogP contribution >= 0.6 is 15.9 Å². The molecule has 1 N–H and O–H groups in total. The van der Waals surface area contributed by atoms with Gasteiger partial charge in [0.2, 0.25) is 0 Å². The summed E-state index contributed by atoms with van der Waals surface area (Å²) < 4.78 is 16.8. The van der Waals surface area contributed by atoms with Gasteiger partial charge in [-0.25, -0.2) is 0 Å². The minimum absolute atomic E-state index is 0.0415. The molecule has 0 aromatic heterocycles. The summed E-state index contributed by atoms with van der Waals surface area (Å²) in [4.78, 5) is 0. The summed E-state index contributed by atoms with van der Waals surface area (Å²) in [5.74, 6) is 0.732. The number of aliphatic hydroxyl groups is 1. The fourth-order valence-corrected chi connectivity index (χ4v) is 2.19. The van der Waals surface area contributed by atoms with Crippen LogP contribution in [0.1, 0.15) is 11.1 Å². The molecular weight excluding hydrogens is 300 g/mol. The molecule has 0 saturated heterocycles. The van der Waals surface area contributed by atoms with Gasteiger partial charge in [0.15, 0.2) is 0 Å². The van der Waals surface area contributed by atoms with E-state index in [1.54, 1.807) is 7.11 Å². The van der Waals surface area contributed by atoms with E-state index in [0.29, 0.717) is 26.4 Å². The number of rotatable bonds is 8. The number of aliphatic hydroxyl groups excluding tert-OH is 1. The highest BCUT2D eigenvalue weighted by Gasteiger charge is 2.08. The summed E-state index contributed by atoms with van der Waals surface area (Å²) in [6.45, 7) is 4.01. The number of hydrogen-bond donors (Lipinski definition) is 1. The Labute approximate surface area is 116 Å². The second kappa shape index (κ2) is 8.48. The Kier molecular flexibility index (Phi) is 7.27. The van der Waals surface area contributed by atoms with Gasteiger partial charge in [-0.2, -0.15) is 0 Å². The van der Waals surface area contributed by atoms with E-state index < -0.39 is 0 Å². The maximum absolute atomic E-state index is 9.29. The van der Waals surface area contributed by atoms with Gasteiger partial charge in [0.1, 0.15) is 12.4 Å². The first-order chi connectivity index (χ1) is 8.69. The predicted octanol–water partition coefficient (Wildman–Crippen LogP) is 2.29. The first-order valence-electron chi connectivity index (χ1n) is 5.78. The van der Waals surface area contributed by atoms with Crippen molar-refractivity contribution in [2.24, 2.45) is 0 Å². The summed E-state index contributed by atoms with van der Waals surface area (Å²) in [6, 6.07) is 3.81. The van der Waals surface area contributed by atoms with E-state index in [-0.39, 0.29) is 6.61 Å². The lowest BCUT2D eigenvalue weighted by atomic mass is 10.1. The van der Waals surface area contributed by atoms with E-state index in [1.165, 1.54) is 0 Å². The van der Waals surface area contributed by atoms with Crippen molar-refractivity contribution in [1.29, 1.82) is 0 Å². The lowest BCUT2D eigenvalue weighted by Gasteiger charge is -2.13. The van der Waals surface area contributed by atoms with Crippen LogP contribution in [-0.4, -0.2) is 38.6 Å². The molecule has 1 aromatic rings. The molecule has 102 valence electrons. The molecule has 5 heteroatoms. The minimum atomic E-state index is -0.0415. The smallest absolute Gasteiger partial charge is 0.127 e. The Bertz CT molecular complexity index is 368. The van der Waals surface area contributed by atoms with Crippen LogP contribution in [0.5, 0.6) is 5.75 Å². The molecular formula is C13H19BrO4. The van der Waals surface area contributed by atoms with Crippen LogP contribution < -0.4 is 4.74 Å². The number of halogens is 1. The van der Waals surface area contributed by atoms with Crippen molar-refractivity contribution in [2.75, 3.05) is 33.5 Å². The van der Waals surface area contributed by atoms with E-state index in [1.807, 2.05) is 19.1 Å². The molecule has 1 rings (SSSR count). The van der Waals surface area contributed by atoms with Gasteiger partial charge >= 0.3 is 0 Å². The first-order valence-corrected chi connectivity index (χ1v) is 6.57. The Morgan fingerprint density at radius 1 is 1.17 bits per heavy atom. The third kappa shape index (κ3) is 4.94. The van der Waals surface area contributed by atoms with Crippen LogP contribution in [0.2, 0.25) is 0 Å². The van der Waals surface area contributed by atoms with E-state index in [9.17, 15) is 5.11 Å². The molecule has 0 spiro atoms. The zero-order valence-corrected chi connectivity index (χ0v) is 12.3. The van der Waals surface area contributed by atoms with Crippen LogP contribution in [0, 0.1) is 6.92 Å². The second-order valence-corrected chi connectivity index (χ2v) is 4.74. The van der Waals surface area contributed by atoms with Gasteiger partial charge in [-0.1, -0.05) is 15.9 Å². The summed E-state index contributed by atoms with van der Waals surface area (Å²) in [7, 11) is 1.64. The number of aryl methyl sites for hydroxylation is 1. The van der Waals surface area contributed by atoms with Gasteiger partial charge in [0.05, 0.1) is 26.4 Å². The highest BCUT2D eigenvalue weighted by Crippen LogP contribution is 2.28. The fraction of sp³-hybridized carbons (Fsp3) is 0.538. The third-order valence-corrected chi connectivity index (χ3v) is 2.85. The zero-order valence-electron chi connectivity index (χ0n) is 10.7. The van der Waals surface area contributed by atoms with Crippen LogP contribution in [0.3, 0.4) is 0 Å². The molecule has 0 bridgehead atoms. The van der Waals surface area contributed by atoms with Crippen molar-refractivity contribution < 1.29 is 19.3 Å². The molecule has 1 aromatic carbocycles. The van der Waals surface area contributed by atoms with Gasteiger partial charge in [-0.15, -0.1) is 0 Å². The third-order valence-electron chi connectivity index (χ3n) is 2.39. The second-order valence-electron chi connectivity index (χ2n) is 3.82. The van der Waals surface area contributed by atoms with E-state index >= 15 is 0 Å². The molecule has 0 amide bonds. The Balaban J connectivity index is 2.46. The van der Waals surface area contributed by atoms with Crippen molar-refractivity contribution >= 4 is 15.9 Å². The number of methoxy groups -OCH3 is 1. The summed E-state index contributed by atoms with van der Waals surface area (Å²) in [5.41, 5.74) is 1.77. The lowest BCUT2D eigenvalue weighted by molar-refractivity contribution is 0.0539. The van der Waals surface area contributed by atoms with E-state index in [4.69, 9.17) is 14.2 Å². The van der Waals surface area contributed by atoms with Crippen molar-refractivity contribution in [3.05, 3.63) is 27.7 Å². The van der Waals surface area contributed by atoms with Crippen LogP contribution in [0.15, 0.2) is 16.6 Å². The number of ether oxygens (including phenoxy) is 3. The SMILES string of the molecule is COCCOCCOc1c(C)cc(Br)cc1CO. The lowest BCUT2D eigenvalue weighted by Crippen LogP contribution is -2.11. The van der Waals surface area contributed by atoms with Crippen LogP contribution in [-0.2, 0) is 16.1 Å². The number of hydrogen-bond acceptors (Lipinski definition) is 4. The molecule has 0 atom stereocenters. The van der Waals surface area contributed by atoms with Crippen LogP contribution in [0.25, 0.3) is 0 Å². The van der Waals surface area contributed by atoms with Gasteiger partial charge in [0.25, 0.3) is 0 Å². The summed E-state index contributed by atoms with van der Waals surface area (Å²) >= 11 is 3.39. The molecule has 0 unspecified atom stereocenters. The van der Waals surface area contributed by atoms with Gasteiger partial charge < -0.3 is 19.3 Å². The molecule has 4 nitrogen and oxygen atoms in total. The van der Waals surface area contributed by atoms with E-state index in [0.717, 1.165) is 21.3 Å². The quantitative estimate of drug-likeness (QED) is 0.747. The number of benzene rings is 1. The summed E-state index contributed by atoms with van der Waals surface area (Å²) in [5, 5.41) is 9.29. The Hall–Kier alpha value is -0.620. The van der Waals surface area contributed by atoms with Crippen molar-refractivity contribution in [1.82, 2.24) is 0 Å². The largest absolute Gasteiger partial charge is 0.491 e. The fourth-order valence-electron chi connectivity index (χ4n) is 1.57. The zero-order chi connectivity index (χ0) is 13.4. The van der Waals surface area contributed by atoms with Crippen molar-refractivity contribution in [2.45, 2.75) is 13.5 Å². The predicted molar refractivity (Wildman–Crippen MR) is 73.0 cm³/mol. The molecule has 0 radical (unpaired) electrons.